The molecule has 4 aromatic rings. The number of anilines is 3. The minimum atomic E-state index is -0.885. The highest BCUT2D eigenvalue weighted by atomic mass is 16.5. The van der Waals surface area contributed by atoms with Gasteiger partial charge in [-0.1, -0.05) is 6.07 Å². The molecule has 180 valence electrons. The second kappa shape index (κ2) is 8.60. The van der Waals surface area contributed by atoms with Gasteiger partial charge in [0, 0.05) is 37.9 Å². The largest absolute Gasteiger partial charge is 0.388 e. The van der Waals surface area contributed by atoms with Gasteiger partial charge in [0.05, 0.1) is 53.6 Å². The van der Waals surface area contributed by atoms with Crippen LogP contribution in [0.2, 0.25) is 0 Å². The van der Waals surface area contributed by atoms with E-state index in [0.29, 0.717) is 13.2 Å². The quantitative estimate of drug-likeness (QED) is 0.408. The van der Waals surface area contributed by atoms with Gasteiger partial charge < -0.3 is 25.4 Å². The minimum absolute atomic E-state index is 0.235. The molecule has 0 unspecified atom stereocenters. The molecule has 3 N–H and O–H groups in total. The summed E-state index contributed by atoms with van der Waals surface area (Å²) in [5.41, 5.74) is 6.32. The van der Waals surface area contributed by atoms with Crippen LogP contribution in [0.3, 0.4) is 0 Å². The van der Waals surface area contributed by atoms with Crippen molar-refractivity contribution in [3.63, 3.8) is 0 Å². The van der Waals surface area contributed by atoms with Crippen LogP contribution in [0.25, 0.3) is 17.0 Å². The Labute approximate surface area is 203 Å². The van der Waals surface area contributed by atoms with Gasteiger partial charge in [-0.2, -0.15) is 0 Å². The van der Waals surface area contributed by atoms with E-state index in [4.69, 9.17) is 9.72 Å². The standard InChI is InChI=1S/C26H29N7O2/c1-26(2,34)22-16-32(9-10-35-22)17-6-7-23(28-11-17)31-20-14-30-25(19-13-27-12-18(19)20)21-15-29-24-5-3-4-8-33(21)24/h3-8,11,14-15,22,27,34H,9-10,12-13,16H2,1-2H3,(H,28,31)/t22-/m0/s1. The van der Waals surface area contributed by atoms with Crippen molar-refractivity contribution in [2.45, 2.75) is 38.6 Å². The number of aliphatic hydroxyl groups is 1. The number of hydrogen-bond acceptors (Lipinski definition) is 8. The van der Waals surface area contributed by atoms with Crippen molar-refractivity contribution in [1.29, 1.82) is 0 Å². The van der Waals surface area contributed by atoms with Crippen molar-refractivity contribution < 1.29 is 9.84 Å². The first kappa shape index (κ1) is 22.0. The van der Waals surface area contributed by atoms with Crippen LogP contribution in [0.5, 0.6) is 0 Å². The SMILES string of the molecule is CC(C)(O)[C@@H]1CN(c2ccc(Nc3cnc(-c4cnc5ccccn45)c4c3CNC4)nc2)CCO1. The predicted molar refractivity (Wildman–Crippen MR) is 135 cm³/mol. The normalized spacial score (nSPS) is 18.1. The Balaban J connectivity index is 1.24. The summed E-state index contributed by atoms with van der Waals surface area (Å²) in [4.78, 5) is 16.2. The van der Waals surface area contributed by atoms with E-state index in [2.05, 4.69) is 36.0 Å². The number of fused-ring (bicyclic) bond motifs is 2. The topological polar surface area (TPSA) is 99.8 Å². The summed E-state index contributed by atoms with van der Waals surface area (Å²) in [6.07, 6.45) is 7.42. The number of aromatic nitrogens is 4. The second-order valence-electron chi connectivity index (χ2n) is 9.64. The van der Waals surface area contributed by atoms with Gasteiger partial charge in [0.2, 0.25) is 0 Å². The number of pyridine rings is 3. The molecule has 6 rings (SSSR count). The molecule has 9 heteroatoms. The minimum Gasteiger partial charge on any atom is -0.388 e. The van der Waals surface area contributed by atoms with Crippen molar-refractivity contribution in [2.75, 3.05) is 29.9 Å². The van der Waals surface area contributed by atoms with Crippen LogP contribution in [0.15, 0.2) is 55.1 Å². The third-order valence-electron chi connectivity index (χ3n) is 6.79. The molecule has 0 aromatic carbocycles. The van der Waals surface area contributed by atoms with E-state index in [-0.39, 0.29) is 6.10 Å². The molecule has 6 heterocycles. The number of ether oxygens (including phenoxy) is 1. The molecule has 0 spiro atoms. The maximum atomic E-state index is 10.3. The molecule has 0 radical (unpaired) electrons. The molecule has 0 bridgehead atoms. The zero-order chi connectivity index (χ0) is 24.0. The lowest BCUT2D eigenvalue weighted by Gasteiger charge is -2.39. The molecule has 0 amide bonds. The highest BCUT2D eigenvalue weighted by molar-refractivity contribution is 5.72. The number of rotatable bonds is 5. The van der Waals surface area contributed by atoms with Gasteiger partial charge in [0.25, 0.3) is 0 Å². The van der Waals surface area contributed by atoms with Crippen LogP contribution in [-0.2, 0) is 17.8 Å². The Kier molecular flexibility index (Phi) is 5.40. The molecule has 35 heavy (non-hydrogen) atoms. The Hall–Kier alpha value is -3.53. The zero-order valence-electron chi connectivity index (χ0n) is 19.9. The number of imidazole rings is 1. The summed E-state index contributed by atoms with van der Waals surface area (Å²) in [6, 6.07) is 10.0. The van der Waals surface area contributed by atoms with E-state index in [9.17, 15) is 5.11 Å². The number of nitrogens with zero attached hydrogens (tertiary/aromatic N) is 5. The van der Waals surface area contributed by atoms with Crippen molar-refractivity contribution in [2.24, 2.45) is 0 Å². The average molecular weight is 472 g/mol. The van der Waals surface area contributed by atoms with Gasteiger partial charge in [0.15, 0.2) is 0 Å². The van der Waals surface area contributed by atoms with E-state index in [1.165, 1.54) is 11.1 Å². The summed E-state index contributed by atoms with van der Waals surface area (Å²) >= 11 is 0. The lowest BCUT2D eigenvalue weighted by molar-refractivity contribution is -0.0928. The Morgan fingerprint density at radius 1 is 1.06 bits per heavy atom. The monoisotopic (exact) mass is 471 g/mol. The molecule has 0 saturated carbocycles. The van der Waals surface area contributed by atoms with Crippen LogP contribution in [0.4, 0.5) is 17.2 Å². The first-order valence-electron chi connectivity index (χ1n) is 11.9. The molecule has 1 atom stereocenters. The molecule has 0 aliphatic carbocycles. The van der Waals surface area contributed by atoms with E-state index in [0.717, 1.165) is 53.9 Å². The number of nitrogens with one attached hydrogen (secondary N) is 2. The fourth-order valence-electron chi connectivity index (χ4n) is 4.83. The first-order valence-corrected chi connectivity index (χ1v) is 11.9. The summed E-state index contributed by atoms with van der Waals surface area (Å²) < 4.78 is 7.83. The molecule has 2 aliphatic rings. The Morgan fingerprint density at radius 3 is 2.77 bits per heavy atom. The maximum Gasteiger partial charge on any atom is 0.137 e. The zero-order valence-corrected chi connectivity index (χ0v) is 19.9. The Bertz CT molecular complexity index is 1360. The first-order chi connectivity index (χ1) is 17.0. The van der Waals surface area contributed by atoms with Crippen molar-refractivity contribution >= 4 is 22.8 Å². The molecule has 1 fully saturated rings. The van der Waals surface area contributed by atoms with Crippen LogP contribution in [0, 0.1) is 0 Å². The molecular formula is C26H29N7O2. The summed E-state index contributed by atoms with van der Waals surface area (Å²) in [5.74, 6) is 0.763. The van der Waals surface area contributed by atoms with Crippen molar-refractivity contribution in [1.82, 2.24) is 24.7 Å². The molecule has 1 saturated heterocycles. The molecule has 9 nitrogen and oxygen atoms in total. The Morgan fingerprint density at radius 2 is 1.94 bits per heavy atom. The van der Waals surface area contributed by atoms with Gasteiger partial charge in [0.1, 0.15) is 17.6 Å². The third kappa shape index (κ3) is 4.12. The van der Waals surface area contributed by atoms with Gasteiger partial charge in [-0.05, 0) is 43.7 Å². The summed E-state index contributed by atoms with van der Waals surface area (Å²) in [5, 5.41) is 17.3. The van der Waals surface area contributed by atoms with Crippen molar-refractivity contribution in [3.8, 4) is 11.4 Å². The average Bonchev–Trinajstić information content (AvgIpc) is 3.53. The second-order valence-corrected chi connectivity index (χ2v) is 9.64. The highest BCUT2D eigenvalue weighted by Crippen LogP contribution is 2.33. The van der Waals surface area contributed by atoms with E-state index < -0.39 is 5.60 Å². The van der Waals surface area contributed by atoms with Crippen LogP contribution in [-0.4, -0.2) is 55.9 Å². The summed E-state index contributed by atoms with van der Waals surface area (Å²) in [6.45, 7) is 7.09. The molecule has 4 aromatic heterocycles. The number of hydrogen-bond donors (Lipinski definition) is 3. The highest BCUT2D eigenvalue weighted by Gasteiger charge is 2.32. The predicted octanol–water partition coefficient (Wildman–Crippen LogP) is 3.11. The fraction of sp³-hybridized carbons (Fsp3) is 0.346. The van der Waals surface area contributed by atoms with Crippen molar-refractivity contribution in [3.05, 3.63) is 66.2 Å². The van der Waals surface area contributed by atoms with Gasteiger partial charge >= 0.3 is 0 Å². The maximum absolute atomic E-state index is 10.3. The van der Waals surface area contributed by atoms with Crippen LogP contribution in [0.1, 0.15) is 25.0 Å². The van der Waals surface area contributed by atoms with Crippen LogP contribution >= 0.6 is 0 Å². The lowest BCUT2D eigenvalue weighted by Crippen LogP contribution is -2.52. The number of morpholine rings is 1. The smallest absolute Gasteiger partial charge is 0.137 e. The summed E-state index contributed by atoms with van der Waals surface area (Å²) in [7, 11) is 0. The molecular weight excluding hydrogens is 442 g/mol. The third-order valence-corrected chi connectivity index (χ3v) is 6.79. The molecule has 2 aliphatic heterocycles. The van der Waals surface area contributed by atoms with E-state index in [1.807, 2.05) is 49.1 Å². The van der Waals surface area contributed by atoms with Crippen LogP contribution < -0.4 is 15.5 Å². The van der Waals surface area contributed by atoms with E-state index >= 15 is 0 Å². The lowest BCUT2D eigenvalue weighted by atomic mass is 10.00. The van der Waals surface area contributed by atoms with Gasteiger partial charge in [-0.3, -0.25) is 9.38 Å². The van der Waals surface area contributed by atoms with Gasteiger partial charge in [-0.25, -0.2) is 9.97 Å². The fourth-order valence-corrected chi connectivity index (χ4v) is 4.83. The van der Waals surface area contributed by atoms with Gasteiger partial charge in [-0.15, -0.1) is 0 Å². The van der Waals surface area contributed by atoms with E-state index in [1.54, 1.807) is 13.8 Å².